The van der Waals surface area contributed by atoms with E-state index in [1.807, 2.05) is 0 Å². The van der Waals surface area contributed by atoms with E-state index in [2.05, 4.69) is 23.5 Å². The minimum atomic E-state index is 0.100. The van der Waals surface area contributed by atoms with Crippen LogP contribution >= 0.6 is 0 Å². The van der Waals surface area contributed by atoms with Gasteiger partial charge in [-0.1, -0.05) is 6.07 Å². The van der Waals surface area contributed by atoms with E-state index in [0.29, 0.717) is 12.1 Å². The first kappa shape index (κ1) is 11.6. The molecule has 1 aromatic rings. The van der Waals surface area contributed by atoms with Gasteiger partial charge in [0.05, 0.1) is 13.2 Å². The van der Waals surface area contributed by atoms with E-state index in [1.165, 1.54) is 36.8 Å². The Kier molecular flexibility index (Phi) is 2.07. The molecule has 4 unspecified atom stereocenters. The molecule has 2 bridgehead atoms. The Morgan fingerprint density at radius 1 is 1.35 bits per heavy atom. The Balaban J connectivity index is 1.75. The maximum Gasteiger partial charge on any atom is 0.120 e. The van der Waals surface area contributed by atoms with Crippen molar-refractivity contribution in [2.24, 2.45) is 0 Å². The molecule has 2 aliphatic carbocycles. The molecule has 20 heavy (non-hydrogen) atoms. The van der Waals surface area contributed by atoms with Crippen molar-refractivity contribution in [3.8, 4) is 5.75 Å². The van der Waals surface area contributed by atoms with Gasteiger partial charge in [-0.25, -0.2) is 0 Å². The van der Waals surface area contributed by atoms with Crippen LogP contribution in [0.2, 0.25) is 0 Å². The predicted octanol–water partition coefficient (Wildman–Crippen LogP) is 2.17. The topological polar surface area (TPSA) is 33.8 Å². The maximum absolute atomic E-state index is 6.35. The Morgan fingerprint density at radius 2 is 2.30 bits per heavy atom. The second kappa shape index (κ2) is 3.58. The number of fused-ring (bicyclic) bond motifs is 1. The SMILES string of the molecule is COc1ccc2c(c1)C13CCCC4OC41C(C2)NCC3. The molecule has 4 atom stereocenters. The quantitative estimate of drug-likeness (QED) is 0.795. The van der Waals surface area contributed by atoms with Crippen LogP contribution in [0.1, 0.15) is 36.8 Å². The van der Waals surface area contributed by atoms with Gasteiger partial charge in [0.25, 0.3) is 0 Å². The van der Waals surface area contributed by atoms with Crippen molar-refractivity contribution in [3.63, 3.8) is 0 Å². The number of hydrogen-bond acceptors (Lipinski definition) is 3. The molecule has 4 aliphatic rings. The van der Waals surface area contributed by atoms with E-state index >= 15 is 0 Å². The van der Waals surface area contributed by atoms with E-state index in [1.54, 1.807) is 7.11 Å². The smallest absolute Gasteiger partial charge is 0.120 e. The third kappa shape index (κ3) is 1.12. The second-order valence-corrected chi connectivity index (χ2v) is 6.86. The number of ether oxygens (including phenoxy) is 2. The van der Waals surface area contributed by atoms with Crippen molar-refractivity contribution < 1.29 is 9.47 Å². The Morgan fingerprint density at radius 3 is 3.20 bits per heavy atom. The molecule has 0 amide bonds. The Labute approximate surface area is 119 Å². The Bertz CT molecular complexity index is 582. The largest absolute Gasteiger partial charge is 0.497 e. The molecule has 2 heterocycles. The highest BCUT2D eigenvalue weighted by molar-refractivity contribution is 5.51. The van der Waals surface area contributed by atoms with Crippen molar-refractivity contribution in [1.29, 1.82) is 0 Å². The van der Waals surface area contributed by atoms with Crippen LogP contribution in [0.15, 0.2) is 18.2 Å². The highest BCUT2D eigenvalue weighted by atomic mass is 16.6. The first-order valence-electron chi connectivity index (χ1n) is 7.89. The van der Waals surface area contributed by atoms with Crippen molar-refractivity contribution in [2.75, 3.05) is 13.7 Å². The average molecular weight is 271 g/mol. The summed E-state index contributed by atoms with van der Waals surface area (Å²) >= 11 is 0. The number of epoxide rings is 1. The zero-order valence-electron chi connectivity index (χ0n) is 11.9. The third-order valence-electron chi connectivity index (χ3n) is 6.29. The molecule has 1 spiro atoms. The second-order valence-electron chi connectivity index (χ2n) is 6.86. The summed E-state index contributed by atoms with van der Waals surface area (Å²) in [6.07, 6.45) is 6.64. The zero-order chi connectivity index (χ0) is 13.4. The summed E-state index contributed by atoms with van der Waals surface area (Å²) in [5, 5.41) is 3.74. The summed E-state index contributed by atoms with van der Waals surface area (Å²) in [5.41, 5.74) is 3.37. The molecule has 3 heteroatoms. The number of nitrogens with one attached hydrogen (secondary N) is 1. The molecule has 2 aliphatic heterocycles. The number of methoxy groups -OCH3 is 1. The molecule has 106 valence electrons. The van der Waals surface area contributed by atoms with Crippen LogP contribution in [0.5, 0.6) is 5.75 Å². The van der Waals surface area contributed by atoms with Crippen LogP contribution < -0.4 is 10.1 Å². The molecule has 1 N–H and O–H groups in total. The van der Waals surface area contributed by atoms with Crippen LogP contribution in [0, 0.1) is 0 Å². The standard InChI is InChI=1S/C17H21NO2/c1-19-12-5-4-11-9-14-17-15(20-17)3-2-6-16(17,7-8-18-14)13(11)10-12/h4-5,10,14-15,18H,2-3,6-9H2,1H3. The van der Waals surface area contributed by atoms with Gasteiger partial charge in [0.1, 0.15) is 11.4 Å². The molecule has 1 saturated carbocycles. The monoisotopic (exact) mass is 271 g/mol. The summed E-state index contributed by atoms with van der Waals surface area (Å²) in [4.78, 5) is 0. The summed E-state index contributed by atoms with van der Waals surface area (Å²) in [6, 6.07) is 7.19. The van der Waals surface area contributed by atoms with Gasteiger partial charge in [-0.05, 0) is 61.9 Å². The van der Waals surface area contributed by atoms with E-state index in [-0.39, 0.29) is 11.0 Å². The van der Waals surface area contributed by atoms with Crippen LogP contribution in [0.3, 0.4) is 0 Å². The van der Waals surface area contributed by atoms with Crippen molar-refractivity contribution in [3.05, 3.63) is 29.3 Å². The molecule has 3 fully saturated rings. The van der Waals surface area contributed by atoms with E-state index in [4.69, 9.17) is 9.47 Å². The summed E-state index contributed by atoms with van der Waals surface area (Å²) in [6.45, 7) is 1.12. The lowest BCUT2D eigenvalue weighted by Gasteiger charge is -2.54. The molecule has 0 aromatic heterocycles. The lowest BCUT2D eigenvalue weighted by atomic mass is 9.52. The molecule has 1 aromatic carbocycles. The van der Waals surface area contributed by atoms with E-state index in [0.717, 1.165) is 18.7 Å². The summed E-state index contributed by atoms with van der Waals surface area (Å²) in [7, 11) is 1.76. The average Bonchev–Trinajstić information content (AvgIpc) is 3.20. The predicted molar refractivity (Wildman–Crippen MR) is 76.2 cm³/mol. The van der Waals surface area contributed by atoms with Crippen LogP contribution in [0.25, 0.3) is 0 Å². The van der Waals surface area contributed by atoms with Gasteiger partial charge < -0.3 is 14.8 Å². The minimum absolute atomic E-state index is 0.100. The molecular formula is C17H21NO2. The van der Waals surface area contributed by atoms with Crippen molar-refractivity contribution in [1.82, 2.24) is 5.32 Å². The molecular weight excluding hydrogens is 250 g/mol. The molecule has 0 radical (unpaired) electrons. The van der Waals surface area contributed by atoms with Crippen LogP contribution in [-0.4, -0.2) is 31.4 Å². The van der Waals surface area contributed by atoms with Crippen molar-refractivity contribution in [2.45, 2.75) is 55.3 Å². The van der Waals surface area contributed by atoms with Gasteiger partial charge in [0.2, 0.25) is 0 Å². The van der Waals surface area contributed by atoms with E-state index in [9.17, 15) is 0 Å². The number of piperidine rings is 1. The number of rotatable bonds is 1. The van der Waals surface area contributed by atoms with Crippen molar-refractivity contribution >= 4 is 0 Å². The van der Waals surface area contributed by atoms with Crippen LogP contribution in [-0.2, 0) is 16.6 Å². The molecule has 5 rings (SSSR count). The van der Waals surface area contributed by atoms with E-state index < -0.39 is 0 Å². The first-order valence-corrected chi connectivity index (χ1v) is 7.89. The lowest BCUT2D eigenvalue weighted by molar-refractivity contribution is 0.0661. The fraction of sp³-hybridized carbons (Fsp3) is 0.647. The highest BCUT2D eigenvalue weighted by Gasteiger charge is 2.76. The summed E-state index contributed by atoms with van der Waals surface area (Å²) < 4.78 is 11.8. The van der Waals surface area contributed by atoms with Gasteiger partial charge in [0.15, 0.2) is 0 Å². The highest BCUT2D eigenvalue weighted by Crippen LogP contribution is 2.66. The maximum atomic E-state index is 6.35. The molecule has 3 nitrogen and oxygen atoms in total. The lowest BCUT2D eigenvalue weighted by Crippen LogP contribution is -2.66. The number of benzene rings is 1. The van der Waals surface area contributed by atoms with Gasteiger partial charge in [-0.2, -0.15) is 0 Å². The first-order chi connectivity index (χ1) is 9.80. The van der Waals surface area contributed by atoms with Gasteiger partial charge in [-0.15, -0.1) is 0 Å². The minimum Gasteiger partial charge on any atom is -0.497 e. The van der Waals surface area contributed by atoms with Gasteiger partial charge in [-0.3, -0.25) is 0 Å². The third-order valence-corrected chi connectivity index (χ3v) is 6.29. The van der Waals surface area contributed by atoms with Gasteiger partial charge >= 0.3 is 0 Å². The molecule has 2 saturated heterocycles. The Hall–Kier alpha value is -1.06. The fourth-order valence-electron chi connectivity index (χ4n) is 5.48. The fourth-order valence-corrected chi connectivity index (χ4v) is 5.48. The zero-order valence-corrected chi connectivity index (χ0v) is 11.9. The van der Waals surface area contributed by atoms with Gasteiger partial charge in [0, 0.05) is 11.5 Å². The normalized spacial score (nSPS) is 44.0. The number of hydrogen-bond donors (Lipinski definition) is 1. The summed E-state index contributed by atoms with van der Waals surface area (Å²) in [5.74, 6) is 0.994. The van der Waals surface area contributed by atoms with Crippen LogP contribution in [0.4, 0.5) is 0 Å².